The van der Waals surface area contributed by atoms with Crippen LogP contribution in [0.1, 0.15) is 18.4 Å². The van der Waals surface area contributed by atoms with Gasteiger partial charge in [-0.1, -0.05) is 24.0 Å². The van der Waals surface area contributed by atoms with Crippen molar-refractivity contribution in [3.63, 3.8) is 0 Å². The normalized spacial score (nSPS) is 9.38. The lowest BCUT2D eigenvalue weighted by atomic mass is 10.2. The highest BCUT2D eigenvalue weighted by molar-refractivity contribution is 5.45. The molecule has 0 saturated carbocycles. The minimum Gasteiger partial charge on any atom is -0.492 e. The lowest BCUT2D eigenvalue weighted by Gasteiger charge is -2.06. The first-order chi connectivity index (χ1) is 7.88. The van der Waals surface area contributed by atoms with E-state index in [1.165, 1.54) is 0 Å². The molecule has 0 bridgehead atoms. The van der Waals surface area contributed by atoms with Gasteiger partial charge in [0.15, 0.2) is 0 Å². The number of hydrogen-bond donors (Lipinski definition) is 1. The SMILES string of the molecule is OCCC#Cc1ccccc1OCCCF. The molecule has 1 aromatic rings. The van der Waals surface area contributed by atoms with E-state index in [1.54, 1.807) is 6.07 Å². The molecule has 0 aromatic heterocycles. The third-order valence-corrected chi connectivity index (χ3v) is 1.88. The highest BCUT2D eigenvalue weighted by Crippen LogP contribution is 2.16. The number of benzene rings is 1. The highest BCUT2D eigenvalue weighted by Gasteiger charge is 1.99. The summed E-state index contributed by atoms with van der Waals surface area (Å²) in [5, 5.41) is 8.61. The van der Waals surface area contributed by atoms with E-state index in [0.717, 1.165) is 5.56 Å². The van der Waals surface area contributed by atoms with E-state index in [-0.39, 0.29) is 13.3 Å². The quantitative estimate of drug-likeness (QED) is 0.611. The summed E-state index contributed by atoms with van der Waals surface area (Å²) in [4.78, 5) is 0. The summed E-state index contributed by atoms with van der Waals surface area (Å²) < 4.78 is 17.3. The van der Waals surface area contributed by atoms with Gasteiger partial charge in [0.2, 0.25) is 0 Å². The molecule has 0 unspecified atom stereocenters. The molecule has 0 fully saturated rings. The molecule has 1 rings (SSSR count). The number of halogens is 1. The van der Waals surface area contributed by atoms with Crippen molar-refractivity contribution in [2.45, 2.75) is 12.8 Å². The van der Waals surface area contributed by atoms with Crippen LogP contribution in [0.25, 0.3) is 0 Å². The van der Waals surface area contributed by atoms with Gasteiger partial charge in [0, 0.05) is 12.8 Å². The van der Waals surface area contributed by atoms with Gasteiger partial charge >= 0.3 is 0 Å². The molecular formula is C13H15FO2. The van der Waals surface area contributed by atoms with Crippen LogP contribution in [0.3, 0.4) is 0 Å². The lowest BCUT2D eigenvalue weighted by molar-refractivity contribution is 0.289. The molecule has 2 nitrogen and oxygen atoms in total. The van der Waals surface area contributed by atoms with Crippen molar-refractivity contribution >= 4 is 0 Å². The third kappa shape index (κ3) is 4.33. The fraction of sp³-hybridized carbons (Fsp3) is 0.385. The summed E-state index contributed by atoms with van der Waals surface area (Å²) in [5.74, 6) is 6.41. The maximum atomic E-state index is 11.9. The molecule has 16 heavy (non-hydrogen) atoms. The fourth-order valence-corrected chi connectivity index (χ4v) is 1.15. The zero-order chi connectivity index (χ0) is 11.6. The molecule has 1 N–H and O–H groups in total. The van der Waals surface area contributed by atoms with E-state index >= 15 is 0 Å². The summed E-state index contributed by atoms with van der Waals surface area (Å²) in [6.07, 6.45) is 0.831. The Balaban J connectivity index is 2.65. The van der Waals surface area contributed by atoms with E-state index in [1.807, 2.05) is 18.2 Å². The molecule has 0 aliphatic carbocycles. The maximum absolute atomic E-state index is 11.9. The fourth-order valence-electron chi connectivity index (χ4n) is 1.15. The van der Waals surface area contributed by atoms with E-state index in [0.29, 0.717) is 25.2 Å². The zero-order valence-electron chi connectivity index (χ0n) is 9.08. The van der Waals surface area contributed by atoms with Crippen LogP contribution in [0.4, 0.5) is 4.39 Å². The molecule has 0 atom stereocenters. The number of alkyl halides is 1. The molecule has 0 heterocycles. The monoisotopic (exact) mass is 222 g/mol. The van der Waals surface area contributed by atoms with Gasteiger partial charge < -0.3 is 9.84 Å². The summed E-state index contributed by atoms with van der Waals surface area (Å²) in [6.45, 7) is 0.0332. The van der Waals surface area contributed by atoms with Gasteiger partial charge in [-0.25, -0.2) is 0 Å². The Labute approximate surface area is 95.1 Å². The smallest absolute Gasteiger partial charge is 0.134 e. The van der Waals surface area contributed by atoms with Crippen molar-refractivity contribution in [3.05, 3.63) is 29.8 Å². The molecule has 1 aromatic carbocycles. The van der Waals surface area contributed by atoms with Crippen molar-refractivity contribution in [1.29, 1.82) is 0 Å². The Kier molecular flexibility index (Phi) is 6.05. The van der Waals surface area contributed by atoms with Gasteiger partial charge in [0.25, 0.3) is 0 Å². The van der Waals surface area contributed by atoms with E-state index in [4.69, 9.17) is 9.84 Å². The van der Waals surface area contributed by atoms with Crippen molar-refractivity contribution in [2.24, 2.45) is 0 Å². The minimum atomic E-state index is -0.377. The van der Waals surface area contributed by atoms with Gasteiger partial charge in [0.1, 0.15) is 5.75 Å². The van der Waals surface area contributed by atoms with Gasteiger partial charge in [-0.2, -0.15) is 0 Å². The van der Waals surface area contributed by atoms with Crippen molar-refractivity contribution in [2.75, 3.05) is 19.9 Å². The van der Waals surface area contributed by atoms with Crippen LogP contribution in [0, 0.1) is 11.8 Å². The summed E-state index contributed by atoms with van der Waals surface area (Å²) in [6, 6.07) is 7.36. The molecule has 0 spiro atoms. The summed E-state index contributed by atoms with van der Waals surface area (Å²) in [5.41, 5.74) is 0.773. The van der Waals surface area contributed by atoms with Crippen molar-refractivity contribution in [3.8, 4) is 17.6 Å². The average Bonchev–Trinajstić information content (AvgIpc) is 2.32. The summed E-state index contributed by atoms with van der Waals surface area (Å²) >= 11 is 0. The van der Waals surface area contributed by atoms with E-state index in [2.05, 4.69) is 11.8 Å². The molecule has 86 valence electrons. The second-order valence-corrected chi connectivity index (χ2v) is 3.16. The first-order valence-electron chi connectivity index (χ1n) is 5.26. The predicted octanol–water partition coefficient (Wildman–Crippen LogP) is 2.16. The van der Waals surface area contributed by atoms with Gasteiger partial charge in [-0.3, -0.25) is 4.39 Å². The molecule has 0 aliphatic rings. The number of para-hydroxylation sites is 1. The second kappa shape index (κ2) is 7.72. The number of aliphatic hydroxyl groups excluding tert-OH is 1. The van der Waals surface area contributed by atoms with Crippen molar-refractivity contribution < 1.29 is 14.2 Å². The predicted molar refractivity (Wildman–Crippen MR) is 61.1 cm³/mol. The molecular weight excluding hydrogens is 207 g/mol. The molecule has 0 aliphatic heterocycles. The Hall–Kier alpha value is -1.53. The zero-order valence-corrected chi connectivity index (χ0v) is 9.08. The van der Waals surface area contributed by atoms with Crippen LogP contribution in [-0.4, -0.2) is 25.0 Å². The maximum Gasteiger partial charge on any atom is 0.134 e. The van der Waals surface area contributed by atoms with Crippen molar-refractivity contribution in [1.82, 2.24) is 0 Å². The van der Waals surface area contributed by atoms with Gasteiger partial charge in [-0.15, -0.1) is 0 Å². The largest absolute Gasteiger partial charge is 0.492 e. The third-order valence-electron chi connectivity index (χ3n) is 1.88. The molecule has 0 radical (unpaired) electrons. The van der Waals surface area contributed by atoms with Crippen LogP contribution in [0.5, 0.6) is 5.75 Å². The average molecular weight is 222 g/mol. The van der Waals surface area contributed by atoms with Crippen LogP contribution in [0.2, 0.25) is 0 Å². The molecule has 3 heteroatoms. The lowest BCUT2D eigenvalue weighted by Crippen LogP contribution is -1.99. The van der Waals surface area contributed by atoms with Gasteiger partial charge in [-0.05, 0) is 12.1 Å². The minimum absolute atomic E-state index is 0.0534. The Morgan fingerprint density at radius 1 is 1.31 bits per heavy atom. The van der Waals surface area contributed by atoms with Crippen LogP contribution >= 0.6 is 0 Å². The molecule has 0 amide bonds. The summed E-state index contributed by atoms with van der Waals surface area (Å²) in [7, 11) is 0. The number of ether oxygens (including phenoxy) is 1. The van der Waals surface area contributed by atoms with Crippen LogP contribution in [-0.2, 0) is 0 Å². The number of rotatable bonds is 5. The van der Waals surface area contributed by atoms with Crippen LogP contribution < -0.4 is 4.74 Å². The second-order valence-electron chi connectivity index (χ2n) is 3.16. The highest BCUT2D eigenvalue weighted by atomic mass is 19.1. The standard InChI is InChI=1S/C13H15FO2/c14-9-5-11-16-13-8-2-1-6-12(13)7-3-4-10-15/h1-2,6,8,15H,4-5,9-11H2. The Morgan fingerprint density at radius 3 is 2.88 bits per heavy atom. The van der Waals surface area contributed by atoms with Gasteiger partial charge in [0.05, 0.1) is 25.5 Å². The first-order valence-corrected chi connectivity index (χ1v) is 5.26. The first kappa shape index (κ1) is 12.5. The van der Waals surface area contributed by atoms with E-state index < -0.39 is 0 Å². The molecule has 0 saturated heterocycles. The Morgan fingerprint density at radius 2 is 2.12 bits per heavy atom. The van der Waals surface area contributed by atoms with Crippen LogP contribution in [0.15, 0.2) is 24.3 Å². The topological polar surface area (TPSA) is 29.5 Å². The van der Waals surface area contributed by atoms with E-state index in [9.17, 15) is 4.39 Å². The Bertz CT molecular complexity index is 366. The number of aliphatic hydroxyl groups is 1. The number of hydrogen-bond acceptors (Lipinski definition) is 2.